The first-order valence-corrected chi connectivity index (χ1v) is 6.52. The Morgan fingerprint density at radius 1 is 1.22 bits per heavy atom. The van der Waals surface area contributed by atoms with Crippen LogP contribution in [0, 0.1) is 0 Å². The minimum atomic E-state index is 0.0263. The van der Waals surface area contributed by atoms with Crippen LogP contribution in [-0.2, 0) is 0 Å². The Morgan fingerprint density at radius 2 is 1.78 bits per heavy atom. The number of rotatable bonds is 6. The molecule has 2 N–H and O–H groups in total. The van der Waals surface area contributed by atoms with Crippen LogP contribution >= 0.6 is 0 Å². The first kappa shape index (κ1) is 15.0. The van der Waals surface area contributed by atoms with Gasteiger partial charge in [-0.2, -0.15) is 0 Å². The van der Waals surface area contributed by atoms with E-state index < -0.39 is 0 Å². The second-order valence-corrected chi connectivity index (χ2v) is 5.58. The van der Waals surface area contributed by atoms with Gasteiger partial charge in [-0.1, -0.05) is 19.1 Å². The maximum absolute atomic E-state index is 5.98. The average Bonchev–Trinajstić information content (AvgIpc) is 2.36. The van der Waals surface area contributed by atoms with Crippen LogP contribution in [0.5, 0.6) is 5.75 Å². The minimum Gasteiger partial charge on any atom is -0.492 e. The van der Waals surface area contributed by atoms with Gasteiger partial charge in [-0.05, 0) is 52.1 Å². The van der Waals surface area contributed by atoms with Gasteiger partial charge in [-0.25, -0.2) is 0 Å². The van der Waals surface area contributed by atoms with Crippen molar-refractivity contribution in [1.82, 2.24) is 4.90 Å². The molecule has 18 heavy (non-hydrogen) atoms. The van der Waals surface area contributed by atoms with Crippen LogP contribution < -0.4 is 10.5 Å². The van der Waals surface area contributed by atoms with Gasteiger partial charge in [0.25, 0.3) is 0 Å². The molecule has 3 heteroatoms. The summed E-state index contributed by atoms with van der Waals surface area (Å²) in [5, 5.41) is 0. The molecule has 0 radical (unpaired) electrons. The highest BCUT2D eigenvalue weighted by molar-refractivity contribution is 5.29. The lowest BCUT2D eigenvalue weighted by Crippen LogP contribution is -2.43. The molecule has 3 nitrogen and oxygen atoms in total. The Kier molecular flexibility index (Phi) is 5.17. The number of benzene rings is 1. The smallest absolute Gasteiger partial charge is 0.119 e. The summed E-state index contributed by atoms with van der Waals surface area (Å²) in [6.07, 6.45) is 0.952. The van der Waals surface area contributed by atoms with E-state index in [0.29, 0.717) is 6.61 Å². The van der Waals surface area contributed by atoms with Gasteiger partial charge < -0.3 is 15.4 Å². The topological polar surface area (TPSA) is 38.5 Å². The van der Waals surface area contributed by atoms with E-state index in [1.807, 2.05) is 24.3 Å². The molecule has 1 aromatic carbocycles. The van der Waals surface area contributed by atoms with E-state index in [0.717, 1.165) is 17.7 Å². The highest BCUT2D eigenvalue weighted by atomic mass is 16.5. The van der Waals surface area contributed by atoms with Gasteiger partial charge in [-0.3, -0.25) is 0 Å². The third-order valence-electron chi connectivity index (χ3n) is 3.55. The van der Waals surface area contributed by atoms with Crippen LogP contribution in [0.3, 0.4) is 0 Å². The Hall–Kier alpha value is -1.06. The molecular weight excluding hydrogens is 224 g/mol. The van der Waals surface area contributed by atoms with E-state index in [-0.39, 0.29) is 11.6 Å². The third kappa shape index (κ3) is 4.00. The molecule has 1 rings (SSSR count). The normalized spacial score (nSPS) is 13.7. The second-order valence-electron chi connectivity index (χ2n) is 5.58. The molecule has 0 bridgehead atoms. The molecule has 0 heterocycles. The van der Waals surface area contributed by atoms with Crippen LogP contribution in [0.15, 0.2) is 24.3 Å². The summed E-state index contributed by atoms with van der Waals surface area (Å²) in [4.78, 5) is 2.16. The highest BCUT2D eigenvalue weighted by Crippen LogP contribution is 2.20. The average molecular weight is 250 g/mol. The Balaban J connectivity index is 2.59. The summed E-state index contributed by atoms with van der Waals surface area (Å²) in [5.41, 5.74) is 7.17. The van der Waals surface area contributed by atoms with E-state index in [9.17, 15) is 0 Å². The van der Waals surface area contributed by atoms with Crippen LogP contribution in [0.2, 0.25) is 0 Å². The molecule has 0 aliphatic rings. The molecule has 0 fully saturated rings. The van der Waals surface area contributed by atoms with Crippen LogP contribution in [-0.4, -0.2) is 31.1 Å². The highest BCUT2D eigenvalue weighted by Gasteiger charge is 2.21. The van der Waals surface area contributed by atoms with Gasteiger partial charge in [0.05, 0.1) is 0 Å². The van der Waals surface area contributed by atoms with E-state index in [1.165, 1.54) is 0 Å². The predicted molar refractivity (Wildman–Crippen MR) is 76.9 cm³/mol. The molecule has 1 aromatic rings. The molecule has 1 atom stereocenters. The summed E-state index contributed by atoms with van der Waals surface area (Å²) < 4.78 is 5.82. The second kappa shape index (κ2) is 6.21. The van der Waals surface area contributed by atoms with Crippen molar-refractivity contribution in [3.8, 4) is 5.75 Å². The monoisotopic (exact) mass is 250 g/mol. The van der Waals surface area contributed by atoms with E-state index >= 15 is 0 Å². The van der Waals surface area contributed by atoms with Gasteiger partial charge in [0.15, 0.2) is 0 Å². The molecule has 0 saturated heterocycles. The van der Waals surface area contributed by atoms with Crippen LogP contribution in [0.25, 0.3) is 0 Å². The number of likely N-dealkylation sites (N-methyl/N-ethyl adjacent to an activating group) is 1. The Labute approximate surface area is 111 Å². The zero-order valence-electron chi connectivity index (χ0n) is 12.2. The maximum Gasteiger partial charge on any atom is 0.119 e. The van der Waals surface area contributed by atoms with Crippen molar-refractivity contribution >= 4 is 0 Å². The first-order valence-electron chi connectivity index (χ1n) is 6.52. The van der Waals surface area contributed by atoms with Crippen molar-refractivity contribution < 1.29 is 4.74 Å². The molecule has 0 aliphatic heterocycles. The third-order valence-corrected chi connectivity index (χ3v) is 3.55. The molecule has 1 unspecified atom stereocenters. The quantitative estimate of drug-likeness (QED) is 0.843. The molecule has 102 valence electrons. The SMILES string of the molecule is CCC(N)c1ccc(OCC(C)(C)N(C)C)cc1. The van der Waals surface area contributed by atoms with E-state index in [4.69, 9.17) is 10.5 Å². The molecule has 0 aromatic heterocycles. The maximum atomic E-state index is 5.98. The number of ether oxygens (including phenoxy) is 1. The molecule has 0 aliphatic carbocycles. The van der Waals surface area contributed by atoms with Gasteiger partial charge >= 0.3 is 0 Å². The van der Waals surface area contributed by atoms with Crippen molar-refractivity contribution in [2.24, 2.45) is 5.73 Å². The Morgan fingerprint density at radius 3 is 2.22 bits per heavy atom. The van der Waals surface area contributed by atoms with Crippen molar-refractivity contribution in [2.75, 3.05) is 20.7 Å². The van der Waals surface area contributed by atoms with Crippen molar-refractivity contribution in [2.45, 2.75) is 38.8 Å². The Bertz CT molecular complexity index is 357. The minimum absolute atomic E-state index is 0.0263. The van der Waals surface area contributed by atoms with Gasteiger partial charge in [-0.15, -0.1) is 0 Å². The van der Waals surface area contributed by atoms with Crippen molar-refractivity contribution in [1.29, 1.82) is 0 Å². The lowest BCUT2D eigenvalue weighted by atomic mass is 10.1. The fraction of sp³-hybridized carbons (Fsp3) is 0.600. The molecular formula is C15H26N2O. The fourth-order valence-electron chi connectivity index (χ4n) is 1.44. The lowest BCUT2D eigenvalue weighted by Gasteiger charge is -2.32. The molecule has 0 amide bonds. The molecule has 0 spiro atoms. The fourth-order valence-corrected chi connectivity index (χ4v) is 1.44. The lowest BCUT2D eigenvalue weighted by molar-refractivity contribution is 0.114. The summed E-state index contributed by atoms with van der Waals surface area (Å²) in [6, 6.07) is 8.21. The summed E-state index contributed by atoms with van der Waals surface area (Å²) in [7, 11) is 4.12. The zero-order valence-corrected chi connectivity index (χ0v) is 12.2. The van der Waals surface area contributed by atoms with Crippen LogP contribution in [0.4, 0.5) is 0 Å². The number of nitrogens with zero attached hydrogens (tertiary/aromatic N) is 1. The van der Waals surface area contributed by atoms with Crippen molar-refractivity contribution in [3.63, 3.8) is 0 Å². The zero-order chi connectivity index (χ0) is 13.8. The van der Waals surface area contributed by atoms with E-state index in [1.54, 1.807) is 0 Å². The predicted octanol–water partition coefficient (Wildman–Crippen LogP) is 2.82. The number of nitrogens with two attached hydrogens (primary N) is 1. The molecule has 0 saturated carbocycles. The number of hydrogen-bond acceptors (Lipinski definition) is 3. The standard InChI is InChI=1S/C15H26N2O/c1-6-14(16)12-7-9-13(10-8-12)18-11-15(2,3)17(4)5/h7-10,14H,6,11,16H2,1-5H3. The van der Waals surface area contributed by atoms with Crippen molar-refractivity contribution in [3.05, 3.63) is 29.8 Å². The van der Waals surface area contributed by atoms with Gasteiger partial charge in [0.2, 0.25) is 0 Å². The first-order chi connectivity index (χ1) is 8.36. The summed E-state index contributed by atoms with van der Waals surface area (Å²) in [5.74, 6) is 0.900. The largest absolute Gasteiger partial charge is 0.492 e. The summed E-state index contributed by atoms with van der Waals surface area (Å²) in [6.45, 7) is 7.08. The van der Waals surface area contributed by atoms with E-state index in [2.05, 4.69) is 39.8 Å². The summed E-state index contributed by atoms with van der Waals surface area (Å²) >= 11 is 0. The van der Waals surface area contributed by atoms with Crippen LogP contribution in [0.1, 0.15) is 38.8 Å². The van der Waals surface area contributed by atoms with Gasteiger partial charge in [0.1, 0.15) is 12.4 Å². The van der Waals surface area contributed by atoms with Gasteiger partial charge in [0, 0.05) is 11.6 Å². The number of hydrogen-bond donors (Lipinski definition) is 1.